The number of fused-ring (bicyclic) bond motifs is 1. The van der Waals surface area contributed by atoms with Gasteiger partial charge in [0, 0.05) is 19.3 Å². The highest BCUT2D eigenvalue weighted by Crippen LogP contribution is 2.32. The number of carbonyl (C=O) groups is 1. The molecule has 32 heavy (non-hydrogen) atoms. The van der Waals surface area contributed by atoms with Gasteiger partial charge in [0.2, 0.25) is 5.16 Å². The van der Waals surface area contributed by atoms with Gasteiger partial charge in [0.1, 0.15) is 17.2 Å². The number of hydrogen-bond acceptors (Lipinski definition) is 5. The normalized spacial score (nSPS) is 14.2. The minimum Gasteiger partial charge on any atom is -0.457 e. The molecule has 0 spiro atoms. The Morgan fingerprint density at radius 2 is 1.78 bits per heavy atom. The van der Waals surface area contributed by atoms with Crippen molar-refractivity contribution in [2.24, 2.45) is 5.14 Å². The molecule has 3 N–H and O–H groups in total. The van der Waals surface area contributed by atoms with Crippen LogP contribution in [-0.2, 0) is 29.2 Å². The molecule has 0 saturated carbocycles. The van der Waals surface area contributed by atoms with E-state index in [0.29, 0.717) is 18.7 Å². The first-order chi connectivity index (χ1) is 15.0. The Morgan fingerprint density at radius 3 is 2.41 bits per heavy atom. The van der Waals surface area contributed by atoms with E-state index < -0.39 is 32.8 Å². The molecule has 2 aromatic carbocycles. The Balaban J connectivity index is 1.45. The molecule has 0 aliphatic carbocycles. The van der Waals surface area contributed by atoms with Crippen molar-refractivity contribution < 1.29 is 31.1 Å². The van der Waals surface area contributed by atoms with Gasteiger partial charge in [0.05, 0.1) is 5.56 Å². The number of imidazole rings is 1. The van der Waals surface area contributed by atoms with Crippen molar-refractivity contribution in [2.45, 2.75) is 24.3 Å². The number of aromatic amines is 1. The number of sulfonamides is 1. The van der Waals surface area contributed by atoms with Crippen LogP contribution in [0.1, 0.15) is 27.2 Å². The van der Waals surface area contributed by atoms with Gasteiger partial charge in [0.15, 0.2) is 0 Å². The molecule has 0 bridgehead atoms. The van der Waals surface area contributed by atoms with Crippen molar-refractivity contribution in [3.63, 3.8) is 0 Å². The topological polar surface area (TPSA) is 118 Å². The van der Waals surface area contributed by atoms with E-state index in [1.54, 1.807) is 18.2 Å². The number of ether oxygens (including phenoxy) is 1. The molecule has 1 aromatic heterocycles. The maximum Gasteiger partial charge on any atom is 0.416 e. The van der Waals surface area contributed by atoms with Crippen molar-refractivity contribution in [3.8, 4) is 11.5 Å². The average molecular weight is 466 g/mol. The third-order valence-electron chi connectivity index (χ3n) is 4.94. The first kappa shape index (κ1) is 21.8. The molecule has 4 rings (SSSR count). The largest absolute Gasteiger partial charge is 0.457 e. The first-order valence-electron chi connectivity index (χ1n) is 9.35. The molecule has 0 atom stereocenters. The Kier molecular flexibility index (Phi) is 5.42. The highest BCUT2D eigenvalue weighted by atomic mass is 32.2. The number of nitrogens with zero attached hydrogens (tertiary/aromatic N) is 2. The predicted octanol–water partition coefficient (Wildman–Crippen LogP) is 3.07. The molecular weight excluding hydrogens is 449 g/mol. The third kappa shape index (κ3) is 4.60. The van der Waals surface area contributed by atoms with Gasteiger partial charge in [-0.1, -0.05) is 6.07 Å². The van der Waals surface area contributed by atoms with Gasteiger partial charge in [-0.25, -0.2) is 18.5 Å². The number of alkyl halides is 3. The standard InChI is InChI=1S/C20H17F3N4O4S/c21-20(22,23)14-2-5-15(6-3-14)31-16-4-1-13-11-27(8-7-12(13)9-16)18(28)17-10-25-19(26-17)32(24,29)30/h1-6,9-10H,7-8,11H2,(H,25,26)(H2,24,29,30). The number of H-pyrrole nitrogens is 1. The molecule has 1 aliphatic rings. The van der Waals surface area contributed by atoms with Crippen LogP contribution in [0.2, 0.25) is 0 Å². The van der Waals surface area contributed by atoms with E-state index in [1.807, 2.05) is 0 Å². The summed E-state index contributed by atoms with van der Waals surface area (Å²) in [6.45, 7) is 0.652. The number of benzene rings is 2. The van der Waals surface area contributed by atoms with Gasteiger partial charge in [-0.05, 0) is 53.9 Å². The van der Waals surface area contributed by atoms with Crippen LogP contribution in [0.15, 0.2) is 53.8 Å². The van der Waals surface area contributed by atoms with Gasteiger partial charge in [-0.15, -0.1) is 0 Å². The molecule has 0 unspecified atom stereocenters. The van der Waals surface area contributed by atoms with Crippen LogP contribution in [0.25, 0.3) is 0 Å². The highest BCUT2D eigenvalue weighted by molar-refractivity contribution is 7.89. The van der Waals surface area contributed by atoms with Gasteiger partial charge >= 0.3 is 6.18 Å². The van der Waals surface area contributed by atoms with E-state index in [1.165, 1.54) is 23.2 Å². The van der Waals surface area contributed by atoms with Crippen LogP contribution in [0, 0.1) is 0 Å². The molecule has 0 fully saturated rings. The zero-order chi connectivity index (χ0) is 23.1. The van der Waals surface area contributed by atoms with Crippen molar-refractivity contribution in [2.75, 3.05) is 6.54 Å². The molecule has 2 heterocycles. The SMILES string of the molecule is NS(=O)(=O)c1nc(C(=O)N2CCc3cc(Oc4ccc(C(F)(F)F)cc4)ccc3C2)c[nH]1. The average Bonchev–Trinajstić information content (AvgIpc) is 3.23. The smallest absolute Gasteiger partial charge is 0.416 e. The fourth-order valence-corrected chi connectivity index (χ4v) is 3.78. The number of amides is 1. The second kappa shape index (κ2) is 7.95. The quantitative estimate of drug-likeness (QED) is 0.613. The van der Waals surface area contributed by atoms with E-state index in [4.69, 9.17) is 9.88 Å². The van der Waals surface area contributed by atoms with Gasteiger partial charge in [-0.3, -0.25) is 4.79 Å². The van der Waals surface area contributed by atoms with Crippen LogP contribution in [-0.4, -0.2) is 35.7 Å². The Hall–Kier alpha value is -3.38. The number of halogens is 3. The number of nitrogens with two attached hydrogens (primary N) is 1. The molecular formula is C20H17F3N4O4S. The van der Waals surface area contributed by atoms with Crippen LogP contribution < -0.4 is 9.88 Å². The lowest BCUT2D eigenvalue weighted by Crippen LogP contribution is -2.36. The Bertz CT molecular complexity index is 1270. The number of nitrogens with one attached hydrogen (secondary N) is 1. The summed E-state index contributed by atoms with van der Waals surface area (Å²) in [5, 5.41) is 4.52. The monoisotopic (exact) mass is 466 g/mol. The lowest BCUT2D eigenvalue weighted by molar-refractivity contribution is -0.137. The predicted molar refractivity (Wildman–Crippen MR) is 106 cm³/mol. The maximum absolute atomic E-state index is 12.7. The maximum atomic E-state index is 12.7. The summed E-state index contributed by atoms with van der Waals surface area (Å²) in [7, 11) is -4.04. The van der Waals surface area contributed by atoms with Crippen molar-refractivity contribution >= 4 is 15.9 Å². The van der Waals surface area contributed by atoms with Crippen LogP contribution in [0.4, 0.5) is 13.2 Å². The number of carbonyl (C=O) groups excluding carboxylic acids is 1. The van der Waals surface area contributed by atoms with E-state index in [-0.39, 0.29) is 18.0 Å². The lowest BCUT2D eigenvalue weighted by Gasteiger charge is -2.28. The van der Waals surface area contributed by atoms with E-state index in [0.717, 1.165) is 23.3 Å². The van der Waals surface area contributed by atoms with E-state index in [2.05, 4.69) is 9.97 Å². The van der Waals surface area contributed by atoms with Crippen molar-refractivity contribution in [1.29, 1.82) is 0 Å². The van der Waals surface area contributed by atoms with Gasteiger partial charge < -0.3 is 14.6 Å². The molecule has 12 heteroatoms. The summed E-state index contributed by atoms with van der Waals surface area (Å²) in [5.41, 5.74) is 0.991. The van der Waals surface area contributed by atoms with Gasteiger partial charge in [0.25, 0.3) is 15.9 Å². The summed E-state index contributed by atoms with van der Waals surface area (Å²) in [6.07, 6.45) is -2.71. The number of primary sulfonamides is 1. The molecule has 8 nitrogen and oxygen atoms in total. The molecule has 3 aromatic rings. The summed E-state index contributed by atoms with van der Waals surface area (Å²) >= 11 is 0. The zero-order valence-corrected chi connectivity index (χ0v) is 17.2. The molecule has 168 valence electrons. The first-order valence-corrected chi connectivity index (χ1v) is 10.9. The Morgan fingerprint density at radius 1 is 1.09 bits per heavy atom. The minimum atomic E-state index is -4.41. The van der Waals surface area contributed by atoms with Gasteiger partial charge in [-0.2, -0.15) is 13.2 Å². The van der Waals surface area contributed by atoms with E-state index >= 15 is 0 Å². The van der Waals surface area contributed by atoms with Crippen molar-refractivity contribution in [3.05, 3.63) is 71.0 Å². The fraction of sp³-hybridized carbons (Fsp3) is 0.200. The molecule has 0 radical (unpaired) electrons. The zero-order valence-electron chi connectivity index (χ0n) is 16.4. The second-order valence-corrected chi connectivity index (χ2v) is 8.64. The van der Waals surface area contributed by atoms with Crippen LogP contribution >= 0.6 is 0 Å². The van der Waals surface area contributed by atoms with Crippen LogP contribution in [0.5, 0.6) is 11.5 Å². The Labute approximate surface area is 180 Å². The number of hydrogen-bond donors (Lipinski definition) is 2. The molecule has 1 aliphatic heterocycles. The highest BCUT2D eigenvalue weighted by Gasteiger charge is 2.30. The summed E-state index contributed by atoms with van der Waals surface area (Å²) in [5.74, 6) is 0.301. The number of aromatic nitrogens is 2. The summed E-state index contributed by atoms with van der Waals surface area (Å²) in [4.78, 5) is 20.3. The summed E-state index contributed by atoms with van der Waals surface area (Å²) < 4.78 is 66.4. The van der Waals surface area contributed by atoms with Crippen molar-refractivity contribution in [1.82, 2.24) is 14.9 Å². The van der Waals surface area contributed by atoms with Crippen LogP contribution in [0.3, 0.4) is 0 Å². The molecule has 0 saturated heterocycles. The molecule has 1 amide bonds. The summed E-state index contributed by atoms with van der Waals surface area (Å²) in [6, 6.07) is 9.63. The number of rotatable bonds is 4. The van der Waals surface area contributed by atoms with E-state index in [9.17, 15) is 26.4 Å². The minimum absolute atomic E-state index is 0.0558. The fourth-order valence-electron chi connectivity index (χ4n) is 3.34. The third-order valence-corrected chi connectivity index (χ3v) is 5.69. The lowest BCUT2D eigenvalue weighted by atomic mass is 9.99. The second-order valence-electron chi connectivity index (χ2n) is 7.17.